The molecule has 1 aromatic heterocycles. The van der Waals surface area contributed by atoms with E-state index in [1.165, 1.54) is 6.20 Å². The van der Waals surface area contributed by atoms with E-state index >= 15 is 0 Å². The molecule has 1 aliphatic heterocycles. The number of rotatable bonds is 3. The molecule has 82 valence electrons. The van der Waals surface area contributed by atoms with Crippen molar-refractivity contribution in [2.75, 3.05) is 13.1 Å². The molecule has 2 N–H and O–H groups in total. The summed E-state index contributed by atoms with van der Waals surface area (Å²) >= 11 is 0. The summed E-state index contributed by atoms with van der Waals surface area (Å²) in [6.45, 7) is 2.90. The van der Waals surface area contributed by atoms with Gasteiger partial charge in [0, 0.05) is 6.20 Å². The minimum Gasteiger partial charge on any atom is -0.386 e. The lowest BCUT2D eigenvalue weighted by Gasteiger charge is -2.46. The first-order chi connectivity index (χ1) is 7.14. The van der Waals surface area contributed by atoms with E-state index in [0.717, 1.165) is 12.8 Å². The van der Waals surface area contributed by atoms with Crippen LogP contribution in [0.25, 0.3) is 0 Å². The summed E-state index contributed by atoms with van der Waals surface area (Å²) in [6.07, 6.45) is 4.76. The van der Waals surface area contributed by atoms with Gasteiger partial charge in [-0.25, -0.2) is 0 Å². The van der Waals surface area contributed by atoms with E-state index in [1.807, 2.05) is 6.92 Å². The number of carbonyl (C=O) groups excluding carboxylic acids is 1. The lowest BCUT2D eigenvalue weighted by atomic mass is 9.89. The number of aliphatic hydroxyl groups is 1. The molecule has 1 aromatic rings. The van der Waals surface area contributed by atoms with Crippen LogP contribution in [0.2, 0.25) is 0 Å². The average Bonchev–Trinajstić information content (AvgIpc) is 2.66. The maximum atomic E-state index is 11.7. The van der Waals surface area contributed by atoms with Crippen LogP contribution in [0.3, 0.4) is 0 Å². The van der Waals surface area contributed by atoms with Gasteiger partial charge < -0.3 is 10.0 Å². The van der Waals surface area contributed by atoms with Crippen molar-refractivity contribution in [1.29, 1.82) is 0 Å². The Hall–Kier alpha value is -1.36. The number of aromatic amines is 1. The molecule has 2 heterocycles. The third-order valence-corrected chi connectivity index (χ3v) is 2.72. The van der Waals surface area contributed by atoms with Crippen LogP contribution >= 0.6 is 0 Å². The first-order valence-corrected chi connectivity index (χ1v) is 5.15. The summed E-state index contributed by atoms with van der Waals surface area (Å²) in [5.74, 6) is -0.0653. The average molecular weight is 209 g/mol. The molecule has 0 bridgehead atoms. The van der Waals surface area contributed by atoms with E-state index < -0.39 is 5.60 Å². The Morgan fingerprint density at radius 2 is 2.47 bits per heavy atom. The number of hydrogen-bond donors (Lipinski definition) is 2. The maximum Gasteiger partial charge on any atom is 0.257 e. The lowest BCUT2D eigenvalue weighted by molar-refractivity contribution is -0.0860. The second kappa shape index (κ2) is 3.66. The summed E-state index contributed by atoms with van der Waals surface area (Å²) < 4.78 is 0. The Morgan fingerprint density at radius 1 is 1.73 bits per heavy atom. The highest BCUT2D eigenvalue weighted by atomic mass is 16.3. The normalized spacial score (nSPS) is 18.7. The first-order valence-electron chi connectivity index (χ1n) is 5.15. The third kappa shape index (κ3) is 1.87. The number of aromatic nitrogens is 2. The number of hydrogen-bond acceptors (Lipinski definition) is 3. The molecule has 15 heavy (non-hydrogen) atoms. The predicted octanol–water partition coefficient (Wildman–Crippen LogP) is 0.397. The molecule has 5 heteroatoms. The van der Waals surface area contributed by atoms with Crippen molar-refractivity contribution in [2.24, 2.45) is 0 Å². The Labute approximate surface area is 88.1 Å². The zero-order valence-corrected chi connectivity index (χ0v) is 8.73. The number of nitrogens with one attached hydrogen (secondary N) is 1. The third-order valence-electron chi connectivity index (χ3n) is 2.72. The molecule has 5 nitrogen and oxygen atoms in total. The number of carbonyl (C=O) groups is 1. The summed E-state index contributed by atoms with van der Waals surface area (Å²) in [5.41, 5.74) is -0.109. The number of β-amino-alcohol motifs (C(OH)–C–C–N with tert-alkyl or cyclic N) is 1. The topological polar surface area (TPSA) is 69.2 Å². The van der Waals surface area contributed by atoms with E-state index in [4.69, 9.17) is 0 Å². The highest BCUT2D eigenvalue weighted by molar-refractivity contribution is 5.94. The standard InChI is InChI=1S/C10H15N3O2/c1-2-3-10(15)6-13(7-10)9(14)8-4-11-12-5-8/h4-5,15H,2-3,6-7H2,1H3,(H,11,12). The quantitative estimate of drug-likeness (QED) is 0.757. The van der Waals surface area contributed by atoms with Crippen molar-refractivity contribution in [2.45, 2.75) is 25.4 Å². The molecule has 0 atom stereocenters. The van der Waals surface area contributed by atoms with Crippen LogP contribution in [0.5, 0.6) is 0 Å². The van der Waals surface area contributed by atoms with Gasteiger partial charge in [0.05, 0.1) is 30.5 Å². The van der Waals surface area contributed by atoms with E-state index in [1.54, 1.807) is 11.1 Å². The number of nitrogens with zero attached hydrogens (tertiary/aromatic N) is 2. The Balaban J connectivity index is 1.92. The molecule has 0 radical (unpaired) electrons. The lowest BCUT2D eigenvalue weighted by Crippen LogP contribution is -2.63. The van der Waals surface area contributed by atoms with Crippen LogP contribution in [0, 0.1) is 0 Å². The van der Waals surface area contributed by atoms with Crippen molar-refractivity contribution >= 4 is 5.91 Å². The molecular weight excluding hydrogens is 194 g/mol. The van der Waals surface area contributed by atoms with Crippen molar-refractivity contribution in [3.8, 4) is 0 Å². The van der Waals surface area contributed by atoms with E-state index in [9.17, 15) is 9.90 Å². The summed E-state index contributed by atoms with van der Waals surface area (Å²) in [7, 11) is 0. The first kappa shape index (κ1) is 10.2. The molecule has 1 amide bonds. The van der Waals surface area contributed by atoms with Gasteiger partial charge >= 0.3 is 0 Å². The van der Waals surface area contributed by atoms with Crippen LogP contribution in [-0.2, 0) is 0 Å². The molecule has 0 unspecified atom stereocenters. The van der Waals surface area contributed by atoms with Crippen molar-refractivity contribution in [3.05, 3.63) is 18.0 Å². The van der Waals surface area contributed by atoms with Gasteiger partial charge in [0.25, 0.3) is 5.91 Å². The number of H-pyrrole nitrogens is 1. The predicted molar refractivity (Wildman–Crippen MR) is 54.3 cm³/mol. The second-order valence-corrected chi connectivity index (χ2v) is 4.12. The van der Waals surface area contributed by atoms with Gasteiger partial charge in [-0.2, -0.15) is 5.10 Å². The summed E-state index contributed by atoms with van der Waals surface area (Å²) in [6, 6.07) is 0. The molecular formula is C10H15N3O2. The van der Waals surface area contributed by atoms with Crippen LogP contribution in [0.1, 0.15) is 30.1 Å². The summed E-state index contributed by atoms with van der Waals surface area (Å²) in [5, 5.41) is 16.2. The zero-order chi connectivity index (χ0) is 10.9. The smallest absolute Gasteiger partial charge is 0.257 e. The van der Waals surface area contributed by atoms with Gasteiger partial charge in [-0.15, -0.1) is 0 Å². The monoisotopic (exact) mass is 209 g/mol. The second-order valence-electron chi connectivity index (χ2n) is 4.12. The zero-order valence-electron chi connectivity index (χ0n) is 8.73. The Morgan fingerprint density at radius 3 is 3.00 bits per heavy atom. The van der Waals surface area contributed by atoms with Crippen molar-refractivity contribution in [1.82, 2.24) is 15.1 Å². The van der Waals surface area contributed by atoms with Gasteiger partial charge in [-0.05, 0) is 6.42 Å². The van der Waals surface area contributed by atoms with Gasteiger partial charge in [0.2, 0.25) is 0 Å². The molecule has 0 saturated carbocycles. The Bertz CT molecular complexity index is 342. The molecule has 1 fully saturated rings. The van der Waals surface area contributed by atoms with Gasteiger partial charge in [-0.1, -0.05) is 13.3 Å². The van der Waals surface area contributed by atoms with Crippen LogP contribution < -0.4 is 0 Å². The molecule has 2 rings (SSSR count). The van der Waals surface area contributed by atoms with Gasteiger partial charge in [-0.3, -0.25) is 9.89 Å². The van der Waals surface area contributed by atoms with Gasteiger partial charge in [0.1, 0.15) is 0 Å². The highest BCUT2D eigenvalue weighted by Crippen LogP contribution is 2.26. The van der Waals surface area contributed by atoms with Crippen LogP contribution in [0.4, 0.5) is 0 Å². The van der Waals surface area contributed by atoms with Crippen molar-refractivity contribution in [3.63, 3.8) is 0 Å². The maximum absolute atomic E-state index is 11.7. The van der Waals surface area contributed by atoms with Crippen molar-refractivity contribution < 1.29 is 9.90 Å². The number of likely N-dealkylation sites (tertiary alicyclic amines) is 1. The molecule has 0 spiro atoms. The van der Waals surface area contributed by atoms with E-state index in [2.05, 4.69) is 10.2 Å². The minimum absolute atomic E-state index is 0.0653. The van der Waals surface area contributed by atoms with Crippen LogP contribution in [0.15, 0.2) is 12.4 Å². The summed E-state index contributed by atoms with van der Waals surface area (Å²) in [4.78, 5) is 13.4. The Kier molecular flexibility index (Phi) is 2.48. The fraction of sp³-hybridized carbons (Fsp3) is 0.600. The molecule has 0 aliphatic carbocycles. The molecule has 1 aliphatic rings. The fourth-order valence-corrected chi connectivity index (χ4v) is 1.98. The molecule has 0 aromatic carbocycles. The SMILES string of the molecule is CCCC1(O)CN(C(=O)c2cn[nH]c2)C1. The highest BCUT2D eigenvalue weighted by Gasteiger charge is 2.42. The minimum atomic E-state index is -0.659. The van der Waals surface area contributed by atoms with E-state index in [-0.39, 0.29) is 5.91 Å². The number of amides is 1. The van der Waals surface area contributed by atoms with E-state index in [0.29, 0.717) is 18.7 Å². The van der Waals surface area contributed by atoms with Gasteiger partial charge in [0.15, 0.2) is 0 Å². The fourth-order valence-electron chi connectivity index (χ4n) is 1.98. The molecule has 1 saturated heterocycles. The van der Waals surface area contributed by atoms with Crippen LogP contribution in [-0.4, -0.2) is 44.8 Å². The largest absolute Gasteiger partial charge is 0.386 e.